The minimum absolute atomic E-state index is 0.00217. The summed E-state index contributed by atoms with van der Waals surface area (Å²) in [6.07, 6.45) is 6.90. The van der Waals surface area contributed by atoms with E-state index in [0.717, 1.165) is 44.9 Å². The van der Waals surface area contributed by atoms with Gasteiger partial charge in [0.25, 0.3) is 0 Å². The fraction of sp³-hybridized carbons (Fsp3) is 0.679. The third-order valence-electron chi connectivity index (χ3n) is 6.46. The number of phenolic OH excluding ortho intramolecular Hbond substituents is 1. The second kappa shape index (κ2) is 13.5. The van der Waals surface area contributed by atoms with Crippen molar-refractivity contribution < 1.29 is 24.2 Å². The molecule has 1 aliphatic rings. The van der Waals surface area contributed by atoms with Crippen molar-refractivity contribution in [2.45, 2.75) is 117 Å². The number of aromatic hydroxyl groups is 1. The smallest absolute Gasteiger partial charge is 0.408 e. The maximum atomic E-state index is 13.8. The molecular weight excluding hydrogens is 458 g/mol. The fourth-order valence-electron chi connectivity index (χ4n) is 4.57. The molecule has 2 unspecified atom stereocenters. The van der Waals surface area contributed by atoms with Crippen LogP contribution >= 0.6 is 0 Å². The summed E-state index contributed by atoms with van der Waals surface area (Å²) in [6, 6.07) is 3.36. The van der Waals surface area contributed by atoms with E-state index in [1.54, 1.807) is 52.8 Å². The molecule has 0 heterocycles. The number of benzene rings is 1. The molecule has 2 rings (SSSR count). The molecule has 2 atom stereocenters. The number of alkyl carbamates (subject to hydrolysis) is 1. The van der Waals surface area contributed by atoms with Crippen LogP contribution in [0.15, 0.2) is 18.2 Å². The number of para-hydroxylation sites is 1. The normalized spacial score (nSPS) is 16.1. The molecule has 8 nitrogen and oxygen atoms in total. The van der Waals surface area contributed by atoms with E-state index in [0.29, 0.717) is 24.1 Å². The molecule has 3 amide bonds. The van der Waals surface area contributed by atoms with Gasteiger partial charge in [-0.3, -0.25) is 9.59 Å². The van der Waals surface area contributed by atoms with E-state index in [-0.39, 0.29) is 17.7 Å². The molecule has 36 heavy (non-hydrogen) atoms. The first kappa shape index (κ1) is 29.5. The molecule has 1 aliphatic carbocycles. The molecule has 0 radical (unpaired) electrons. The van der Waals surface area contributed by atoms with Gasteiger partial charge in [-0.05, 0) is 59.4 Å². The van der Waals surface area contributed by atoms with Crippen molar-refractivity contribution in [1.29, 1.82) is 0 Å². The number of hydrogen-bond acceptors (Lipinski definition) is 5. The monoisotopic (exact) mass is 503 g/mol. The number of hydrogen-bond donors (Lipinski definition) is 3. The lowest BCUT2D eigenvalue weighted by molar-refractivity contribution is -0.142. The van der Waals surface area contributed by atoms with Crippen LogP contribution in [0, 0.1) is 6.92 Å². The Labute approximate surface area is 216 Å². The predicted octanol–water partition coefficient (Wildman–Crippen LogP) is 5.12. The Balaban J connectivity index is 2.40. The highest BCUT2D eigenvalue weighted by molar-refractivity contribution is 5.92. The van der Waals surface area contributed by atoms with Crippen LogP contribution in [-0.2, 0) is 14.3 Å². The van der Waals surface area contributed by atoms with Crippen molar-refractivity contribution in [3.8, 4) is 5.75 Å². The van der Waals surface area contributed by atoms with Gasteiger partial charge >= 0.3 is 6.09 Å². The first-order valence-corrected chi connectivity index (χ1v) is 13.3. The van der Waals surface area contributed by atoms with Crippen molar-refractivity contribution in [1.82, 2.24) is 15.5 Å². The summed E-state index contributed by atoms with van der Waals surface area (Å²) in [4.78, 5) is 41.4. The van der Waals surface area contributed by atoms with Crippen LogP contribution in [0.3, 0.4) is 0 Å². The summed E-state index contributed by atoms with van der Waals surface area (Å²) in [5.74, 6) is -0.707. The number of carbonyl (C=O) groups excluding carboxylic acids is 3. The fourth-order valence-corrected chi connectivity index (χ4v) is 4.57. The quantitative estimate of drug-likeness (QED) is 0.384. The Bertz CT molecular complexity index is 890. The molecule has 1 fully saturated rings. The van der Waals surface area contributed by atoms with Gasteiger partial charge in [0.15, 0.2) is 0 Å². The summed E-state index contributed by atoms with van der Waals surface area (Å²) in [7, 11) is 0. The largest absolute Gasteiger partial charge is 0.507 e. The number of phenols is 1. The van der Waals surface area contributed by atoms with E-state index in [1.807, 2.05) is 0 Å². The minimum Gasteiger partial charge on any atom is -0.507 e. The number of amides is 3. The van der Waals surface area contributed by atoms with Crippen molar-refractivity contribution in [3.63, 3.8) is 0 Å². The molecule has 0 bridgehead atoms. The molecule has 0 saturated heterocycles. The van der Waals surface area contributed by atoms with Gasteiger partial charge in [-0.25, -0.2) is 4.79 Å². The molecule has 8 heteroatoms. The zero-order chi connectivity index (χ0) is 26.9. The maximum Gasteiger partial charge on any atom is 0.408 e. The second-order valence-electron chi connectivity index (χ2n) is 10.9. The molecule has 1 saturated carbocycles. The molecule has 0 spiro atoms. The minimum atomic E-state index is -1.01. The molecule has 1 aromatic rings. The lowest BCUT2D eigenvalue weighted by atomic mass is 9.94. The van der Waals surface area contributed by atoms with Crippen LogP contribution in [0.4, 0.5) is 4.79 Å². The SMILES string of the molecule is CCCCCN(C(=O)C(C)NC(=O)OC(C)(C)C)C(C(=O)NC1CCCCC1)c1cccc(C)c1O. The number of rotatable bonds is 10. The third kappa shape index (κ3) is 8.71. The number of nitrogens with one attached hydrogen (secondary N) is 2. The van der Waals surface area contributed by atoms with Gasteiger partial charge in [-0.15, -0.1) is 0 Å². The van der Waals surface area contributed by atoms with E-state index >= 15 is 0 Å². The zero-order valence-corrected chi connectivity index (χ0v) is 22.9. The van der Waals surface area contributed by atoms with Crippen LogP contribution in [0.5, 0.6) is 5.75 Å². The Morgan fingerprint density at radius 3 is 2.42 bits per heavy atom. The molecule has 202 valence electrons. The Morgan fingerprint density at radius 2 is 1.81 bits per heavy atom. The summed E-state index contributed by atoms with van der Waals surface area (Å²) < 4.78 is 5.32. The number of ether oxygens (including phenoxy) is 1. The van der Waals surface area contributed by atoms with Crippen LogP contribution in [0.1, 0.15) is 103 Å². The number of carbonyl (C=O) groups is 3. The Morgan fingerprint density at radius 1 is 1.14 bits per heavy atom. The van der Waals surface area contributed by atoms with E-state index in [4.69, 9.17) is 4.74 Å². The van der Waals surface area contributed by atoms with Gasteiger partial charge in [0.2, 0.25) is 11.8 Å². The van der Waals surface area contributed by atoms with E-state index in [1.165, 1.54) is 4.90 Å². The van der Waals surface area contributed by atoms with E-state index < -0.39 is 29.7 Å². The van der Waals surface area contributed by atoms with Gasteiger partial charge < -0.3 is 25.4 Å². The Kier molecular flexibility index (Phi) is 11.1. The third-order valence-corrected chi connectivity index (χ3v) is 6.46. The average molecular weight is 504 g/mol. The molecule has 0 aliphatic heterocycles. The number of nitrogens with zero attached hydrogens (tertiary/aromatic N) is 1. The molecular formula is C28H45N3O5. The summed E-state index contributed by atoms with van der Waals surface area (Å²) in [5.41, 5.74) is 0.310. The highest BCUT2D eigenvalue weighted by Gasteiger charge is 2.37. The molecule has 3 N–H and O–H groups in total. The lowest BCUT2D eigenvalue weighted by Crippen LogP contribution is -2.53. The Hall–Kier alpha value is -2.77. The summed E-state index contributed by atoms with van der Waals surface area (Å²) in [5, 5.41) is 16.7. The highest BCUT2D eigenvalue weighted by atomic mass is 16.6. The first-order chi connectivity index (χ1) is 16.9. The highest BCUT2D eigenvalue weighted by Crippen LogP contribution is 2.33. The average Bonchev–Trinajstić information content (AvgIpc) is 2.80. The van der Waals surface area contributed by atoms with Gasteiger partial charge in [0.05, 0.1) is 0 Å². The standard InChI is InChI=1S/C28H45N3O5/c1-7-8-12-18-31(26(34)20(3)29-27(35)36-28(4,5)6)23(22-17-13-14-19(2)24(22)32)25(33)30-21-15-10-9-11-16-21/h13-14,17,20-21,23,32H,7-12,15-16,18H2,1-6H3,(H,29,35)(H,30,33). The van der Waals surface area contributed by atoms with Crippen LogP contribution in [-0.4, -0.2) is 52.1 Å². The van der Waals surface area contributed by atoms with Gasteiger partial charge in [-0.1, -0.05) is 57.2 Å². The number of aryl methyl sites for hydroxylation is 1. The van der Waals surface area contributed by atoms with Gasteiger partial charge in [-0.2, -0.15) is 0 Å². The van der Waals surface area contributed by atoms with Crippen LogP contribution in [0.25, 0.3) is 0 Å². The zero-order valence-electron chi connectivity index (χ0n) is 22.9. The first-order valence-electron chi connectivity index (χ1n) is 13.3. The second-order valence-corrected chi connectivity index (χ2v) is 10.9. The predicted molar refractivity (Wildman–Crippen MR) is 141 cm³/mol. The summed E-state index contributed by atoms with van der Waals surface area (Å²) in [6.45, 7) is 11.0. The number of unbranched alkanes of at least 4 members (excludes halogenated alkanes) is 2. The topological polar surface area (TPSA) is 108 Å². The lowest BCUT2D eigenvalue weighted by Gasteiger charge is -2.35. The van der Waals surface area contributed by atoms with Crippen molar-refractivity contribution in [3.05, 3.63) is 29.3 Å². The van der Waals surface area contributed by atoms with Crippen LogP contribution < -0.4 is 10.6 Å². The molecule has 0 aromatic heterocycles. The van der Waals surface area contributed by atoms with Gasteiger partial charge in [0, 0.05) is 18.2 Å². The van der Waals surface area contributed by atoms with E-state index in [2.05, 4.69) is 17.6 Å². The van der Waals surface area contributed by atoms with Crippen molar-refractivity contribution >= 4 is 17.9 Å². The van der Waals surface area contributed by atoms with Gasteiger partial charge in [0.1, 0.15) is 23.4 Å². The maximum absolute atomic E-state index is 13.8. The van der Waals surface area contributed by atoms with Crippen LogP contribution in [0.2, 0.25) is 0 Å². The van der Waals surface area contributed by atoms with E-state index in [9.17, 15) is 19.5 Å². The summed E-state index contributed by atoms with van der Waals surface area (Å²) >= 11 is 0. The van der Waals surface area contributed by atoms with Crippen molar-refractivity contribution in [2.24, 2.45) is 0 Å². The molecule has 1 aromatic carbocycles. The van der Waals surface area contributed by atoms with Crippen molar-refractivity contribution in [2.75, 3.05) is 6.54 Å².